The monoisotopic (exact) mass is 383 g/mol. The third-order valence-electron chi connectivity index (χ3n) is 4.65. The summed E-state index contributed by atoms with van der Waals surface area (Å²) in [6.07, 6.45) is 0.352. The van der Waals surface area contributed by atoms with Gasteiger partial charge in [0.25, 0.3) is 0 Å². The molecule has 0 bridgehead atoms. The van der Waals surface area contributed by atoms with E-state index in [0.717, 1.165) is 11.3 Å². The van der Waals surface area contributed by atoms with E-state index in [1.54, 1.807) is 6.07 Å². The standard InChI is InChI=1S/C21H22ClN3O2/c22-18-6-4-5-17(15-18)20(16-23)24-10-12-25(13-11-24)21(26)9-14-27-19-7-2-1-3-8-19/h1-8,15,20H,9-14H2. The van der Waals surface area contributed by atoms with E-state index >= 15 is 0 Å². The summed E-state index contributed by atoms with van der Waals surface area (Å²) in [5.74, 6) is 0.857. The molecule has 1 aliphatic rings. The van der Waals surface area contributed by atoms with Crippen molar-refractivity contribution in [1.82, 2.24) is 9.80 Å². The Balaban J connectivity index is 1.47. The maximum Gasteiger partial charge on any atom is 0.226 e. The normalized spacial score (nSPS) is 15.8. The van der Waals surface area contributed by atoms with Crippen molar-refractivity contribution < 1.29 is 9.53 Å². The number of carbonyl (C=O) groups excluding carboxylic acids is 1. The zero-order chi connectivity index (χ0) is 19.1. The summed E-state index contributed by atoms with van der Waals surface area (Å²) in [7, 11) is 0. The van der Waals surface area contributed by atoms with Gasteiger partial charge in [-0.25, -0.2) is 0 Å². The number of hydrogen-bond acceptors (Lipinski definition) is 4. The van der Waals surface area contributed by atoms with Crippen molar-refractivity contribution >= 4 is 17.5 Å². The van der Waals surface area contributed by atoms with Gasteiger partial charge in [-0.05, 0) is 29.8 Å². The average molecular weight is 384 g/mol. The van der Waals surface area contributed by atoms with Crippen LogP contribution in [0.3, 0.4) is 0 Å². The molecule has 27 heavy (non-hydrogen) atoms. The van der Waals surface area contributed by atoms with E-state index in [2.05, 4.69) is 11.0 Å². The lowest BCUT2D eigenvalue weighted by Gasteiger charge is -2.37. The molecule has 0 saturated carbocycles. The number of hydrogen-bond donors (Lipinski definition) is 0. The fraction of sp³-hybridized carbons (Fsp3) is 0.333. The molecular weight excluding hydrogens is 362 g/mol. The Kier molecular flexibility index (Phi) is 6.69. The first-order valence-electron chi connectivity index (χ1n) is 9.02. The van der Waals surface area contributed by atoms with Crippen LogP contribution in [0.5, 0.6) is 5.75 Å². The van der Waals surface area contributed by atoms with E-state index < -0.39 is 0 Å². The van der Waals surface area contributed by atoms with Crippen LogP contribution in [0.2, 0.25) is 5.02 Å². The first kappa shape index (κ1) is 19.2. The number of halogens is 1. The molecule has 1 fully saturated rings. The Labute approximate surface area is 164 Å². The van der Waals surface area contributed by atoms with Gasteiger partial charge in [0.15, 0.2) is 0 Å². The second kappa shape index (κ2) is 9.40. The quantitative estimate of drug-likeness (QED) is 0.765. The van der Waals surface area contributed by atoms with Gasteiger partial charge >= 0.3 is 0 Å². The minimum atomic E-state index is -0.345. The molecule has 0 N–H and O–H groups in total. The minimum Gasteiger partial charge on any atom is -0.493 e. The van der Waals surface area contributed by atoms with Crippen molar-refractivity contribution in [3.8, 4) is 11.8 Å². The number of rotatable bonds is 6. The van der Waals surface area contributed by atoms with Gasteiger partial charge in [-0.15, -0.1) is 0 Å². The van der Waals surface area contributed by atoms with E-state index in [-0.39, 0.29) is 11.9 Å². The number of carbonyl (C=O) groups is 1. The van der Waals surface area contributed by atoms with Gasteiger partial charge in [-0.1, -0.05) is 41.9 Å². The van der Waals surface area contributed by atoms with Crippen LogP contribution in [0.25, 0.3) is 0 Å². The molecule has 1 heterocycles. The van der Waals surface area contributed by atoms with Crippen LogP contribution in [-0.4, -0.2) is 48.5 Å². The molecule has 1 saturated heterocycles. The van der Waals surface area contributed by atoms with Crippen LogP contribution in [0.15, 0.2) is 54.6 Å². The molecule has 140 valence electrons. The second-order valence-electron chi connectivity index (χ2n) is 6.41. The summed E-state index contributed by atoms with van der Waals surface area (Å²) < 4.78 is 5.60. The molecule has 1 aliphatic heterocycles. The van der Waals surface area contributed by atoms with Crippen LogP contribution in [0, 0.1) is 11.3 Å². The summed E-state index contributed by atoms with van der Waals surface area (Å²) in [4.78, 5) is 16.3. The Morgan fingerprint density at radius 3 is 2.52 bits per heavy atom. The van der Waals surface area contributed by atoms with Gasteiger partial charge in [-0.3, -0.25) is 9.69 Å². The molecule has 2 aromatic carbocycles. The molecule has 3 rings (SSSR count). The first-order chi connectivity index (χ1) is 13.2. The Morgan fingerprint density at radius 2 is 1.85 bits per heavy atom. The fourth-order valence-corrected chi connectivity index (χ4v) is 3.40. The molecule has 1 atom stereocenters. The average Bonchev–Trinajstić information content (AvgIpc) is 2.70. The maximum absolute atomic E-state index is 12.4. The molecular formula is C21H22ClN3O2. The van der Waals surface area contributed by atoms with Crippen molar-refractivity contribution in [2.45, 2.75) is 12.5 Å². The highest BCUT2D eigenvalue weighted by Gasteiger charge is 2.27. The predicted octanol–water partition coefficient (Wildman–Crippen LogP) is 3.52. The van der Waals surface area contributed by atoms with Crippen LogP contribution < -0.4 is 4.74 Å². The van der Waals surface area contributed by atoms with Gasteiger partial charge in [0, 0.05) is 31.2 Å². The smallest absolute Gasteiger partial charge is 0.226 e. The van der Waals surface area contributed by atoms with Gasteiger partial charge in [0.2, 0.25) is 5.91 Å². The fourth-order valence-electron chi connectivity index (χ4n) is 3.20. The zero-order valence-corrected chi connectivity index (χ0v) is 15.8. The van der Waals surface area contributed by atoms with Crippen LogP contribution >= 0.6 is 11.6 Å². The Bertz CT molecular complexity index is 799. The number of benzene rings is 2. The highest BCUT2D eigenvalue weighted by Crippen LogP contribution is 2.24. The van der Waals surface area contributed by atoms with Crippen molar-refractivity contribution in [2.75, 3.05) is 32.8 Å². The van der Waals surface area contributed by atoms with E-state index in [9.17, 15) is 10.1 Å². The first-order valence-corrected chi connectivity index (χ1v) is 9.40. The van der Waals surface area contributed by atoms with Gasteiger partial charge < -0.3 is 9.64 Å². The number of piperazine rings is 1. The van der Waals surface area contributed by atoms with Crippen LogP contribution in [0.4, 0.5) is 0 Å². The van der Waals surface area contributed by atoms with E-state index in [1.807, 2.05) is 53.4 Å². The highest BCUT2D eigenvalue weighted by molar-refractivity contribution is 6.30. The number of amides is 1. The van der Waals surface area contributed by atoms with Crippen molar-refractivity contribution in [3.05, 3.63) is 65.2 Å². The van der Waals surface area contributed by atoms with Crippen LogP contribution in [0.1, 0.15) is 18.0 Å². The third kappa shape index (κ3) is 5.22. The van der Waals surface area contributed by atoms with Gasteiger partial charge in [0.05, 0.1) is 19.1 Å². The van der Waals surface area contributed by atoms with Crippen molar-refractivity contribution in [1.29, 1.82) is 5.26 Å². The van der Waals surface area contributed by atoms with Crippen molar-refractivity contribution in [3.63, 3.8) is 0 Å². The SMILES string of the molecule is N#CC(c1cccc(Cl)c1)N1CCN(C(=O)CCOc2ccccc2)CC1. The third-order valence-corrected chi connectivity index (χ3v) is 4.88. The summed E-state index contributed by atoms with van der Waals surface area (Å²) in [5, 5.41) is 10.2. The highest BCUT2D eigenvalue weighted by atomic mass is 35.5. The number of nitrogens with zero attached hydrogens (tertiary/aromatic N) is 3. The summed E-state index contributed by atoms with van der Waals surface area (Å²) in [5.41, 5.74) is 0.890. The molecule has 5 nitrogen and oxygen atoms in total. The molecule has 1 unspecified atom stereocenters. The van der Waals surface area contributed by atoms with E-state index in [0.29, 0.717) is 44.2 Å². The Morgan fingerprint density at radius 1 is 1.11 bits per heavy atom. The minimum absolute atomic E-state index is 0.0850. The molecule has 2 aromatic rings. The zero-order valence-electron chi connectivity index (χ0n) is 15.1. The lowest BCUT2D eigenvalue weighted by molar-refractivity contribution is -0.133. The summed E-state index contributed by atoms with van der Waals surface area (Å²) in [6, 6.07) is 18.9. The summed E-state index contributed by atoms with van der Waals surface area (Å²) >= 11 is 6.05. The van der Waals surface area contributed by atoms with Crippen LogP contribution in [-0.2, 0) is 4.79 Å². The second-order valence-corrected chi connectivity index (χ2v) is 6.85. The molecule has 0 aliphatic carbocycles. The number of ether oxygens (including phenoxy) is 1. The molecule has 0 aromatic heterocycles. The maximum atomic E-state index is 12.4. The van der Waals surface area contributed by atoms with E-state index in [4.69, 9.17) is 16.3 Å². The molecule has 0 spiro atoms. The lowest BCUT2D eigenvalue weighted by Crippen LogP contribution is -2.49. The van der Waals surface area contributed by atoms with Gasteiger partial charge in [-0.2, -0.15) is 5.26 Å². The molecule has 1 amide bonds. The number of para-hydroxylation sites is 1. The molecule has 0 radical (unpaired) electrons. The largest absolute Gasteiger partial charge is 0.493 e. The topological polar surface area (TPSA) is 56.6 Å². The lowest BCUT2D eigenvalue weighted by atomic mass is 10.1. The van der Waals surface area contributed by atoms with E-state index in [1.165, 1.54) is 0 Å². The Hall–Kier alpha value is -2.55. The number of nitriles is 1. The predicted molar refractivity (Wildman–Crippen MR) is 105 cm³/mol. The van der Waals surface area contributed by atoms with Gasteiger partial charge in [0.1, 0.15) is 11.8 Å². The van der Waals surface area contributed by atoms with Crippen molar-refractivity contribution in [2.24, 2.45) is 0 Å². The molecule has 6 heteroatoms. The summed E-state index contributed by atoms with van der Waals surface area (Å²) in [6.45, 7) is 2.92.